The Labute approximate surface area is 165 Å². The number of carbonyl (C=O) groups is 1. The Hall–Kier alpha value is -2.85. The summed E-state index contributed by atoms with van der Waals surface area (Å²) in [5, 5.41) is 32.8. The zero-order chi connectivity index (χ0) is 20.7. The van der Waals surface area contributed by atoms with Crippen molar-refractivity contribution in [3.05, 3.63) is 42.0 Å². The van der Waals surface area contributed by atoms with Crippen molar-refractivity contribution in [2.45, 2.75) is 37.6 Å². The van der Waals surface area contributed by atoms with Gasteiger partial charge in [-0.05, 0) is 31.2 Å². The summed E-state index contributed by atoms with van der Waals surface area (Å²) in [7, 11) is 1.79. The van der Waals surface area contributed by atoms with E-state index in [0.29, 0.717) is 22.1 Å². The average Bonchev–Trinajstić information content (AvgIpc) is 2.73. The van der Waals surface area contributed by atoms with E-state index in [2.05, 4.69) is 15.3 Å². The van der Waals surface area contributed by atoms with Gasteiger partial charge in [0.15, 0.2) is 0 Å². The molecule has 1 fully saturated rings. The van der Waals surface area contributed by atoms with E-state index in [1.165, 1.54) is 13.0 Å². The smallest absolute Gasteiger partial charge is 0.342 e. The molecule has 1 saturated heterocycles. The molecule has 2 heterocycles. The number of rotatable bonds is 3. The number of aliphatic hydroxyl groups is 3. The van der Waals surface area contributed by atoms with Crippen molar-refractivity contribution in [3.8, 4) is 0 Å². The predicted molar refractivity (Wildman–Crippen MR) is 104 cm³/mol. The van der Waals surface area contributed by atoms with E-state index >= 15 is 0 Å². The largest absolute Gasteiger partial charge is 0.429 e. The fraction of sp³-hybridized carbons (Fsp3) is 0.350. The van der Waals surface area contributed by atoms with Gasteiger partial charge >= 0.3 is 5.97 Å². The Morgan fingerprint density at radius 2 is 1.66 bits per heavy atom. The first-order valence-electron chi connectivity index (χ1n) is 9.18. The van der Waals surface area contributed by atoms with Crippen molar-refractivity contribution in [1.82, 2.24) is 9.97 Å². The molecule has 29 heavy (non-hydrogen) atoms. The maximum atomic E-state index is 12.8. The van der Waals surface area contributed by atoms with Gasteiger partial charge < -0.3 is 30.1 Å². The molecule has 5 atom stereocenters. The van der Waals surface area contributed by atoms with E-state index in [1.807, 2.05) is 12.1 Å². The first kappa shape index (κ1) is 19.5. The molecule has 0 unspecified atom stereocenters. The molecule has 3 aromatic rings. The average molecular weight is 399 g/mol. The van der Waals surface area contributed by atoms with Crippen LogP contribution in [0.5, 0.6) is 0 Å². The quantitative estimate of drug-likeness (QED) is 0.373. The SMILES string of the molecule is CNc1cccc2nc3c(C(=O)O[C@H]4O[C@H](C)[C@@H](O)[C@H](O)[C@@H]4O)cccc3nc12. The number of hydrogen-bond acceptors (Lipinski definition) is 9. The second-order valence-corrected chi connectivity index (χ2v) is 6.91. The molecule has 0 amide bonds. The van der Waals surface area contributed by atoms with E-state index < -0.39 is 36.7 Å². The lowest BCUT2D eigenvalue weighted by molar-refractivity contribution is -0.276. The first-order chi connectivity index (χ1) is 13.9. The maximum Gasteiger partial charge on any atom is 0.342 e. The standard InChI is InChI=1S/C20H21N3O6/c1-9-16(24)17(25)18(26)20(28-9)29-19(27)10-5-3-7-12-14(10)22-13-8-4-6-11(21-2)15(13)23-12/h3-9,16-18,20-21,24-26H,1-2H3/t9-,16-,17+,18+,20-/m1/s1. The molecule has 0 saturated carbocycles. The number of aliphatic hydroxyl groups excluding tert-OH is 3. The van der Waals surface area contributed by atoms with Gasteiger partial charge in [-0.1, -0.05) is 12.1 Å². The van der Waals surface area contributed by atoms with Gasteiger partial charge in [0, 0.05) is 7.05 Å². The van der Waals surface area contributed by atoms with Crippen molar-refractivity contribution >= 4 is 33.7 Å². The molecule has 1 aromatic heterocycles. The van der Waals surface area contributed by atoms with Gasteiger partial charge in [-0.15, -0.1) is 0 Å². The van der Waals surface area contributed by atoms with Crippen LogP contribution in [-0.2, 0) is 9.47 Å². The van der Waals surface area contributed by atoms with E-state index in [-0.39, 0.29) is 5.56 Å². The van der Waals surface area contributed by atoms with Crippen LogP contribution in [0.1, 0.15) is 17.3 Å². The van der Waals surface area contributed by atoms with E-state index in [9.17, 15) is 20.1 Å². The molecule has 9 heteroatoms. The third-order valence-corrected chi connectivity index (χ3v) is 5.01. The number of esters is 1. The highest BCUT2D eigenvalue weighted by atomic mass is 16.7. The number of carbonyl (C=O) groups excluding carboxylic acids is 1. The predicted octanol–water partition coefficient (Wildman–Crippen LogP) is 0.809. The molecule has 4 N–H and O–H groups in total. The zero-order valence-electron chi connectivity index (χ0n) is 15.8. The van der Waals surface area contributed by atoms with Crippen LogP contribution < -0.4 is 5.32 Å². The van der Waals surface area contributed by atoms with E-state index in [0.717, 1.165) is 5.69 Å². The summed E-state index contributed by atoms with van der Waals surface area (Å²) in [6.07, 6.45) is -6.59. The molecule has 2 aromatic carbocycles. The summed E-state index contributed by atoms with van der Waals surface area (Å²) in [4.78, 5) is 22.0. The molecule has 0 aliphatic carbocycles. The fourth-order valence-corrected chi connectivity index (χ4v) is 3.37. The highest BCUT2D eigenvalue weighted by molar-refractivity contribution is 6.04. The summed E-state index contributed by atoms with van der Waals surface area (Å²) >= 11 is 0. The number of hydrogen-bond donors (Lipinski definition) is 4. The minimum absolute atomic E-state index is 0.149. The van der Waals surface area contributed by atoms with Crippen LogP contribution in [0.3, 0.4) is 0 Å². The second kappa shape index (κ2) is 7.53. The third-order valence-electron chi connectivity index (χ3n) is 5.01. The molecule has 152 valence electrons. The van der Waals surface area contributed by atoms with Crippen molar-refractivity contribution < 1.29 is 29.6 Å². The number of nitrogens with zero attached hydrogens (tertiary/aromatic N) is 2. The molecule has 0 spiro atoms. The van der Waals surface area contributed by atoms with Crippen LogP contribution in [0.4, 0.5) is 5.69 Å². The highest BCUT2D eigenvalue weighted by Gasteiger charge is 2.44. The van der Waals surface area contributed by atoms with Crippen molar-refractivity contribution in [2.24, 2.45) is 0 Å². The van der Waals surface area contributed by atoms with Crippen molar-refractivity contribution in [1.29, 1.82) is 0 Å². The molecule has 1 aliphatic heterocycles. The number of aromatic nitrogens is 2. The number of anilines is 1. The lowest BCUT2D eigenvalue weighted by Gasteiger charge is -2.38. The highest BCUT2D eigenvalue weighted by Crippen LogP contribution is 2.26. The Kier molecular flexibility index (Phi) is 5.05. The Balaban J connectivity index is 1.70. The van der Waals surface area contributed by atoms with Crippen molar-refractivity contribution in [3.63, 3.8) is 0 Å². The molecule has 4 rings (SSSR count). The number of benzene rings is 2. The molecular formula is C20H21N3O6. The Bertz CT molecular complexity index is 1070. The van der Waals surface area contributed by atoms with E-state index in [1.54, 1.807) is 25.2 Å². The molecule has 1 aliphatic rings. The first-order valence-corrected chi connectivity index (χ1v) is 9.18. The topological polar surface area (TPSA) is 134 Å². The molecule has 9 nitrogen and oxygen atoms in total. The molecule has 0 bridgehead atoms. The van der Waals surface area contributed by atoms with Crippen LogP contribution in [-0.4, -0.2) is 69.0 Å². The lowest BCUT2D eigenvalue weighted by atomic mass is 10.00. The van der Waals surface area contributed by atoms with Gasteiger partial charge in [-0.3, -0.25) is 0 Å². The molecular weight excluding hydrogens is 378 g/mol. The van der Waals surface area contributed by atoms with Crippen LogP contribution >= 0.6 is 0 Å². The van der Waals surface area contributed by atoms with Gasteiger partial charge in [0.05, 0.1) is 28.4 Å². The minimum Gasteiger partial charge on any atom is -0.429 e. The normalized spacial score (nSPS) is 27.1. The number of ether oxygens (including phenoxy) is 2. The maximum absolute atomic E-state index is 12.8. The van der Waals surface area contributed by atoms with Crippen LogP contribution in [0.15, 0.2) is 36.4 Å². The Morgan fingerprint density at radius 3 is 2.38 bits per heavy atom. The van der Waals surface area contributed by atoms with Gasteiger partial charge in [-0.25, -0.2) is 14.8 Å². The fourth-order valence-electron chi connectivity index (χ4n) is 3.37. The number of fused-ring (bicyclic) bond motifs is 2. The molecule has 0 radical (unpaired) electrons. The summed E-state index contributed by atoms with van der Waals surface area (Å²) in [5.74, 6) is -0.783. The van der Waals surface area contributed by atoms with Crippen molar-refractivity contribution in [2.75, 3.05) is 12.4 Å². The lowest BCUT2D eigenvalue weighted by Crippen LogP contribution is -2.57. The van der Waals surface area contributed by atoms with Gasteiger partial charge in [0.1, 0.15) is 29.3 Å². The summed E-state index contributed by atoms with van der Waals surface area (Å²) in [5.41, 5.74) is 3.08. The number of nitrogens with one attached hydrogen (secondary N) is 1. The monoisotopic (exact) mass is 399 g/mol. The summed E-state index contributed by atoms with van der Waals surface area (Å²) in [6.45, 7) is 1.51. The van der Waals surface area contributed by atoms with Crippen LogP contribution in [0.2, 0.25) is 0 Å². The van der Waals surface area contributed by atoms with Gasteiger partial charge in [0.2, 0.25) is 6.29 Å². The van der Waals surface area contributed by atoms with Crippen LogP contribution in [0.25, 0.3) is 22.1 Å². The van der Waals surface area contributed by atoms with Crippen LogP contribution in [0, 0.1) is 0 Å². The number of para-hydroxylation sites is 2. The minimum atomic E-state index is -1.58. The Morgan fingerprint density at radius 1 is 1.00 bits per heavy atom. The van der Waals surface area contributed by atoms with Gasteiger partial charge in [0.25, 0.3) is 0 Å². The van der Waals surface area contributed by atoms with E-state index in [4.69, 9.17) is 9.47 Å². The zero-order valence-corrected chi connectivity index (χ0v) is 15.8. The van der Waals surface area contributed by atoms with Gasteiger partial charge in [-0.2, -0.15) is 0 Å². The summed E-state index contributed by atoms with van der Waals surface area (Å²) in [6, 6.07) is 10.4. The summed E-state index contributed by atoms with van der Waals surface area (Å²) < 4.78 is 10.6. The third kappa shape index (κ3) is 3.38. The second-order valence-electron chi connectivity index (χ2n) is 6.91.